The summed E-state index contributed by atoms with van der Waals surface area (Å²) in [5.74, 6) is -3.19. The standard InChI is InChI=1S/C16H12BrF3N4O2/c17-8-1-2-10-11(3-8)12(14(19)20)6-24(15(10)26)7-13(25)23-16-21-4-9(18)5-22-16/h1-5,12,14H,6-7H2,(H,21,22,23,25). The number of nitrogens with zero attached hydrogens (tertiary/aromatic N) is 3. The number of nitrogens with one attached hydrogen (secondary N) is 1. The summed E-state index contributed by atoms with van der Waals surface area (Å²) in [7, 11) is 0. The molecular formula is C16H12BrF3N4O2. The molecular weight excluding hydrogens is 417 g/mol. The van der Waals surface area contributed by atoms with Gasteiger partial charge in [-0.2, -0.15) is 0 Å². The van der Waals surface area contributed by atoms with Crippen molar-refractivity contribution < 1.29 is 22.8 Å². The smallest absolute Gasteiger partial charge is 0.254 e. The number of carbonyl (C=O) groups is 2. The second-order valence-electron chi connectivity index (χ2n) is 5.63. The van der Waals surface area contributed by atoms with Crippen LogP contribution in [0.3, 0.4) is 0 Å². The Morgan fingerprint density at radius 1 is 1.35 bits per heavy atom. The molecule has 2 heterocycles. The quantitative estimate of drug-likeness (QED) is 0.812. The van der Waals surface area contributed by atoms with E-state index in [9.17, 15) is 22.8 Å². The summed E-state index contributed by atoms with van der Waals surface area (Å²) in [6, 6.07) is 4.52. The number of halogens is 4. The lowest BCUT2D eigenvalue weighted by Gasteiger charge is -2.33. The van der Waals surface area contributed by atoms with Gasteiger partial charge in [0.2, 0.25) is 18.3 Å². The maximum atomic E-state index is 13.4. The minimum absolute atomic E-state index is 0.135. The first-order chi connectivity index (χ1) is 12.3. The fourth-order valence-corrected chi connectivity index (χ4v) is 3.07. The summed E-state index contributed by atoms with van der Waals surface area (Å²) in [6.07, 6.45) is -0.951. The third kappa shape index (κ3) is 3.85. The molecule has 1 aliphatic rings. The second kappa shape index (κ2) is 7.40. The van der Waals surface area contributed by atoms with Crippen molar-refractivity contribution >= 4 is 33.7 Å². The van der Waals surface area contributed by atoms with Crippen molar-refractivity contribution in [3.8, 4) is 0 Å². The van der Waals surface area contributed by atoms with E-state index in [2.05, 4.69) is 31.2 Å². The van der Waals surface area contributed by atoms with Crippen molar-refractivity contribution in [2.24, 2.45) is 0 Å². The van der Waals surface area contributed by atoms with Gasteiger partial charge in [0.05, 0.1) is 18.3 Å². The minimum atomic E-state index is -2.69. The number of alkyl halides is 2. The molecule has 136 valence electrons. The van der Waals surface area contributed by atoms with E-state index in [-0.39, 0.29) is 23.6 Å². The summed E-state index contributed by atoms with van der Waals surface area (Å²) in [5.41, 5.74) is 0.383. The van der Waals surface area contributed by atoms with Gasteiger partial charge in [-0.3, -0.25) is 14.9 Å². The number of fused-ring (bicyclic) bond motifs is 1. The molecule has 0 radical (unpaired) electrons. The highest BCUT2D eigenvalue weighted by Crippen LogP contribution is 2.34. The Morgan fingerprint density at radius 3 is 2.69 bits per heavy atom. The Morgan fingerprint density at radius 2 is 2.04 bits per heavy atom. The highest BCUT2D eigenvalue weighted by atomic mass is 79.9. The van der Waals surface area contributed by atoms with Crippen LogP contribution in [-0.4, -0.2) is 46.2 Å². The summed E-state index contributed by atoms with van der Waals surface area (Å²) >= 11 is 3.21. The molecule has 1 N–H and O–H groups in total. The first-order valence-electron chi connectivity index (χ1n) is 7.49. The van der Waals surface area contributed by atoms with Gasteiger partial charge in [-0.25, -0.2) is 23.1 Å². The normalized spacial score (nSPS) is 16.6. The second-order valence-corrected chi connectivity index (χ2v) is 6.55. The lowest BCUT2D eigenvalue weighted by Crippen LogP contribution is -2.45. The van der Waals surface area contributed by atoms with Crippen molar-refractivity contribution in [2.75, 3.05) is 18.4 Å². The van der Waals surface area contributed by atoms with E-state index in [1.54, 1.807) is 6.07 Å². The molecule has 26 heavy (non-hydrogen) atoms. The molecule has 0 spiro atoms. The largest absolute Gasteiger partial charge is 0.328 e. The fraction of sp³-hybridized carbons (Fsp3) is 0.250. The first-order valence-corrected chi connectivity index (χ1v) is 8.28. The molecule has 3 rings (SSSR count). The minimum Gasteiger partial charge on any atom is -0.328 e. The zero-order chi connectivity index (χ0) is 18.8. The Bertz CT molecular complexity index is 848. The van der Waals surface area contributed by atoms with Crippen molar-refractivity contribution in [3.63, 3.8) is 0 Å². The molecule has 0 bridgehead atoms. The van der Waals surface area contributed by atoms with E-state index in [0.29, 0.717) is 4.47 Å². The number of hydrogen-bond donors (Lipinski definition) is 1. The molecule has 1 unspecified atom stereocenters. The van der Waals surface area contributed by atoms with Gasteiger partial charge >= 0.3 is 0 Å². The van der Waals surface area contributed by atoms with Crippen LogP contribution in [0.1, 0.15) is 21.8 Å². The molecule has 0 saturated carbocycles. The molecule has 10 heteroatoms. The van der Waals surface area contributed by atoms with Gasteiger partial charge in [-0.1, -0.05) is 15.9 Å². The monoisotopic (exact) mass is 428 g/mol. The topological polar surface area (TPSA) is 75.2 Å². The van der Waals surface area contributed by atoms with Gasteiger partial charge in [0.25, 0.3) is 5.91 Å². The average molecular weight is 429 g/mol. The summed E-state index contributed by atoms with van der Waals surface area (Å²) in [4.78, 5) is 32.8. The SMILES string of the molecule is O=C(CN1CC(C(F)F)c2cc(Br)ccc2C1=O)Nc1ncc(F)cn1. The Kier molecular flexibility index (Phi) is 5.21. The van der Waals surface area contributed by atoms with Crippen LogP contribution in [-0.2, 0) is 4.79 Å². The molecule has 1 aliphatic heterocycles. The molecule has 0 aliphatic carbocycles. The van der Waals surface area contributed by atoms with Crippen LogP contribution in [0.5, 0.6) is 0 Å². The van der Waals surface area contributed by atoms with Gasteiger partial charge in [0.1, 0.15) is 6.54 Å². The van der Waals surface area contributed by atoms with Gasteiger partial charge in [0.15, 0.2) is 5.82 Å². The molecule has 1 aromatic carbocycles. The molecule has 0 fully saturated rings. The van der Waals surface area contributed by atoms with E-state index >= 15 is 0 Å². The number of benzene rings is 1. The fourth-order valence-electron chi connectivity index (χ4n) is 2.69. The van der Waals surface area contributed by atoms with Crippen LogP contribution >= 0.6 is 15.9 Å². The lowest BCUT2D eigenvalue weighted by atomic mass is 9.89. The molecule has 0 saturated heterocycles. The predicted octanol–water partition coefficient (Wildman–Crippen LogP) is 2.82. The van der Waals surface area contributed by atoms with Crippen LogP contribution in [0, 0.1) is 5.82 Å². The van der Waals surface area contributed by atoms with Crippen molar-refractivity contribution in [2.45, 2.75) is 12.3 Å². The van der Waals surface area contributed by atoms with Gasteiger partial charge in [0, 0.05) is 16.6 Å². The lowest BCUT2D eigenvalue weighted by molar-refractivity contribution is -0.117. The van der Waals surface area contributed by atoms with Crippen LogP contribution in [0.25, 0.3) is 0 Å². The van der Waals surface area contributed by atoms with Crippen LogP contribution in [0.2, 0.25) is 0 Å². The highest BCUT2D eigenvalue weighted by molar-refractivity contribution is 9.10. The van der Waals surface area contributed by atoms with Crippen LogP contribution in [0.15, 0.2) is 35.1 Å². The molecule has 6 nitrogen and oxygen atoms in total. The number of aromatic nitrogens is 2. The van der Waals surface area contributed by atoms with E-state index in [4.69, 9.17) is 0 Å². The predicted molar refractivity (Wildman–Crippen MR) is 89.4 cm³/mol. The number of hydrogen-bond acceptors (Lipinski definition) is 4. The number of amides is 2. The van der Waals surface area contributed by atoms with E-state index in [0.717, 1.165) is 17.3 Å². The van der Waals surface area contributed by atoms with Gasteiger partial charge in [-0.15, -0.1) is 0 Å². The van der Waals surface area contributed by atoms with E-state index in [1.807, 2.05) is 0 Å². The number of anilines is 1. The maximum Gasteiger partial charge on any atom is 0.254 e. The Hall–Kier alpha value is -2.49. The van der Waals surface area contributed by atoms with Crippen LogP contribution < -0.4 is 5.32 Å². The van der Waals surface area contributed by atoms with Gasteiger partial charge < -0.3 is 4.90 Å². The van der Waals surface area contributed by atoms with Gasteiger partial charge in [-0.05, 0) is 23.8 Å². The molecule has 2 aromatic rings. The van der Waals surface area contributed by atoms with Crippen molar-refractivity contribution in [1.82, 2.24) is 14.9 Å². The molecule has 1 aromatic heterocycles. The molecule has 1 atom stereocenters. The Labute approximate surface area is 154 Å². The zero-order valence-electron chi connectivity index (χ0n) is 13.1. The van der Waals surface area contributed by atoms with Crippen LogP contribution in [0.4, 0.5) is 19.1 Å². The highest BCUT2D eigenvalue weighted by Gasteiger charge is 2.37. The summed E-state index contributed by atoms with van der Waals surface area (Å²) < 4.78 is 40.3. The van der Waals surface area contributed by atoms with E-state index < -0.39 is 36.5 Å². The van der Waals surface area contributed by atoms with Crippen molar-refractivity contribution in [3.05, 3.63) is 52.0 Å². The third-order valence-corrected chi connectivity index (χ3v) is 4.35. The van der Waals surface area contributed by atoms with E-state index in [1.165, 1.54) is 12.1 Å². The third-order valence-electron chi connectivity index (χ3n) is 3.86. The average Bonchev–Trinajstić information content (AvgIpc) is 2.59. The molecule has 2 amide bonds. The Balaban J connectivity index is 1.78. The summed E-state index contributed by atoms with van der Waals surface area (Å²) in [6.45, 7) is -0.740. The summed E-state index contributed by atoms with van der Waals surface area (Å²) in [5, 5.41) is 2.30. The van der Waals surface area contributed by atoms with Crippen molar-refractivity contribution in [1.29, 1.82) is 0 Å². The number of carbonyl (C=O) groups excluding carboxylic acids is 2. The first kappa shape index (κ1) is 18.3. The zero-order valence-corrected chi connectivity index (χ0v) is 14.7. The maximum absolute atomic E-state index is 13.4. The number of rotatable bonds is 4.